The van der Waals surface area contributed by atoms with Crippen LogP contribution in [0.25, 0.3) is 0 Å². The highest BCUT2D eigenvalue weighted by Gasteiger charge is 2.28. The van der Waals surface area contributed by atoms with Crippen molar-refractivity contribution in [2.45, 2.75) is 45.8 Å². The molecular weight excluding hydrogens is 212 g/mol. The number of rotatable bonds is 1. The lowest BCUT2D eigenvalue weighted by Crippen LogP contribution is -2.49. The van der Waals surface area contributed by atoms with Gasteiger partial charge < -0.3 is 10.1 Å². The summed E-state index contributed by atoms with van der Waals surface area (Å²) in [6, 6.07) is 0.752. The monoisotopic (exact) mass is 240 g/mol. The van der Waals surface area contributed by atoms with E-state index >= 15 is 0 Å². The van der Waals surface area contributed by atoms with Crippen LogP contribution in [0.4, 0.5) is 0 Å². The number of hydrogen-bond acceptors (Lipinski definition) is 3. The molecule has 0 aromatic carbocycles. The summed E-state index contributed by atoms with van der Waals surface area (Å²) in [5.41, 5.74) is 0. The van der Waals surface area contributed by atoms with Gasteiger partial charge in [-0.2, -0.15) is 0 Å². The molecule has 2 rings (SSSR count). The summed E-state index contributed by atoms with van der Waals surface area (Å²) < 4.78 is 5.67. The van der Waals surface area contributed by atoms with Crippen molar-refractivity contribution in [3.63, 3.8) is 0 Å². The molecule has 2 fully saturated rings. The predicted octanol–water partition coefficient (Wildman–Crippen LogP) is 1.73. The van der Waals surface area contributed by atoms with Crippen molar-refractivity contribution >= 4 is 0 Å². The van der Waals surface area contributed by atoms with Crippen molar-refractivity contribution in [3.8, 4) is 0 Å². The van der Waals surface area contributed by atoms with Gasteiger partial charge >= 0.3 is 0 Å². The van der Waals surface area contributed by atoms with Gasteiger partial charge in [-0.25, -0.2) is 0 Å². The summed E-state index contributed by atoms with van der Waals surface area (Å²) >= 11 is 0. The first-order valence-corrected chi connectivity index (χ1v) is 7.21. The number of hydrogen-bond donors (Lipinski definition) is 1. The molecule has 3 heteroatoms. The lowest BCUT2D eigenvalue weighted by Gasteiger charge is -2.40. The maximum absolute atomic E-state index is 5.67. The van der Waals surface area contributed by atoms with Crippen LogP contribution in [0, 0.1) is 11.8 Å². The van der Waals surface area contributed by atoms with E-state index in [-0.39, 0.29) is 0 Å². The van der Waals surface area contributed by atoms with Gasteiger partial charge in [0, 0.05) is 25.7 Å². The third kappa shape index (κ3) is 3.94. The zero-order valence-corrected chi connectivity index (χ0v) is 11.6. The zero-order valence-electron chi connectivity index (χ0n) is 11.6. The third-order valence-corrected chi connectivity index (χ3v) is 4.05. The average molecular weight is 240 g/mol. The van der Waals surface area contributed by atoms with Crippen LogP contribution in [-0.4, -0.2) is 49.8 Å². The molecule has 0 aromatic heterocycles. The van der Waals surface area contributed by atoms with E-state index in [9.17, 15) is 0 Å². The van der Waals surface area contributed by atoms with Gasteiger partial charge in [0.15, 0.2) is 0 Å². The molecule has 0 spiro atoms. The molecule has 2 aliphatic rings. The van der Waals surface area contributed by atoms with E-state index in [1.165, 1.54) is 39.0 Å². The molecule has 2 saturated heterocycles. The van der Waals surface area contributed by atoms with E-state index in [0.29, 0.717) is 6.10 Å². The quantitative estimate of drug-likeness (QED) is 0.755. The average Bonchev–Trinajstić information content (AvgIpc) is 2.26. The second-order valence-corrected chi connectivity index (χ2v) is 6.18. The molecule has 0 aliphatic carbocycles. The molecule has 4 unspecified atom stereocenters. The van der Waals surface area contributed by atoms with Crippen molar-refractivity contribution in [2.75, 3.05) is 32.8 Å². The highest BCUT2D eigenvalue weighted by molar-refractivity contribution is 4.82. The minimum absolute atomic E-state index is 0.447. The van der Waals surface area contributed by atoms with E-state index in [2.05, 4.69) is 31.0 Å². The number of nitrogens with zero attached hydrogens (tertiary/aromatic N) is 1. The Bertz CT molecular complexity index is 222. The molecule has 17 heavy (non-hydrogen) atoms. The molecule has 2 heterocycles. The highest BCUT2D eigenvalue weighted by Crippen LogP contribution is 2.22. The van der Waals surface area contributed by atoms with E-state index in [1.54, 1.807) is 0 Å². The van der Waals surface area contributed by atoms with Crippen LogP contribution in [0.2, 0.25) is 0 Å². The molecule has 0 bridgehead atoms. The molecule has 0 amide bonds. The van der Waals surface area contributed by atoms with Crippen molar-refractivity contribution < 1.29 is 4.74 Å². The maximum atomic E-state index is 5.67. The standard InChI is InChI=1S/C14H28N2O/c1-11-7-15-8-12(2)10-16(9-11)14-4-5-17-13(3)6-14/h11-15H,4-10H2,1-3H3. The molecule has 3 nitrogen and oxygen atoms in total. The predicted molar refractivity (Wildman–Crippen MR) is 71.2 cm³/mol. The Balaban J connectivity index is 1.94. The van der Waals surface area contributed by atoms with Crippen molar-refractivity contribution in [1.82, 2.24) is 10.2 Å². The van der Waals surface area contributed by atoms with Gasteiger partial charge in [0.05, 0.1) is 6.10 Å². The van der Waals surface area contributed by atoms with Crippen LogP contribution in [0.15, 0.2) is 0 Å². The summed E-state index contributed by atoms with van der Waals surface area (Å²) in [5, 5.41) is 3.57. The Hall–Kier alpha value is -0.120. The van der Waals surface area contributed by atoms with Gasteiger partial charge in [-0.05, 0) is 44.7 Å². The Morgan fingerprint density at radius 1 is 1.06 bits per heavy atom. The Morgan fingerprint density at radius 2 is 1.71 bits per heavy atom. The van der Waals surface area contributed by atoms with Crippen LogP contribution < -0.4 is 5.32 Å². The molecule has 1 N–H and O–H groups in total. The molecule has 0 radical (unpaired) electrons. The van der Waals surface area contributed by atoms with Crippen LogP contribution in [0.5, 0.6) is 0 Å². The number of ether oxygens (including phenoxy) is 1. The SMILES string of the molecule is CC1CNCC(C)CN(C2CCOC(C)C2)C1. The largest absolute Gasteiger partial charge is 0.378 e. The normalized spacial score (nSPS) is 41.8. The first-order valence-electron chi connectivity index (χ1n) is 7.21. The highest BCUT2D eigenvalue weighted by atomic mass is 16.5. The zero-order chi connectivity index (χ0) is 12.3. The first-order chi connectivity index (χ1) is 8.15. The second kappa shape index (κ2) is 6.17. The third-order valence-electron chi connectivity index (χ3n) is 4.05. The van der Waals surface area contributed by atoms with Gasteiger partial charge in [-0.15, -0.1) is 0 Å². The van der Waals surface area contributed by atoms with E-state index in [4.69, 9.17) is 4.74 Å². The Labute approximate surface area is 106 Å². The lowest BCUT2D eigenvalue weighted by molar-refractivity contribution is -0.0247. The van der Waals surface area contributed by atoms with Crippen molar-refractivity contribution in [2.24, 2.45) is 11.8 Å². The Morgan fingerprint density at radius 3 is 2.29 bits per heavy atom. The van der Waals surface area contributed by atoms with E-state index in [0.717, 1.165) is 24.5 Å². The van der Waals surface area contributed by atoms with Crippen molar-refractivity contribution in [1.29, 1.82) is 0 Å². The topological polar surface area (TPSA) is 24.5 Å². The molecular formula is C14H28N2O. The van der Waals surface area contributed by atoms with E-state index in [1.807, 2.05) is 0 Å². The van der Waals surface area contributed by atoms with Gasteiger partial charge in [0.2, 0.25) is 0 Å². The summed E-state index contributed by atoms with van der Waals surface area (Å²) in [4.78, 5) is 2.73. The molecule has 100 valence electrons. The summed E-state index contributed by atoms with van der Waals surface area (Å²) in [6.45, 7) is 12.7. The van der Waals surface area contributed by atoms with Gasteiger partial charge in [-0.3, -0.25) is 4.90 Å². The van der Waals surface area contributed by atoms with Gasteiger partial charge in [-0.1, -0.05) is 13.8 Å². The second-order valence-electron chi connectivity index (χ2n) is 6.18. The van der Waals surface area contributed by atoms with Crippen molar-refractivity contribution in [3.05, 3.63) is 0 Å². The summed E-state index contributed by atoms with van der Waals surface area (Å²) in [7, 11) is 0. The van der Waals surface area contributed by atoms with Crippen LogP contribution in [-0.2, 0) is 4.74 Å². The molecule has 0 aromatic rings. The van der Waals surface area contributed by atoms with Crippen LogP contribution in [0.3, 0.4) is 0 Å². The van der Waals surface area contributed by atoms with E-state index < -0.39 is 0 Å². The smallest absolute Gasteiger partial charge is 0.0561 e. The van der Waals surface area contributed by atoms with Gasteiger partial charge in [0.1, 0.15) is 0 Å². The van der Waals surface area contributed by atoms with Crippen LogP contribution >= 0.6 is 0 Å². The fourth-order valence-electron chi connectivity index (χ4n) is 3.18. The van der Waals surface area contributed by atoms with Crippen LogP contribution in [0.1, 0.15) is 33.6 Å². The summed E-state index contributed by atoms with van der Waals surface area (Å²) in [5.74, 6) is 1.53. The minimum atomic E-state index is 0.447. The lowest BCUT2D eigenvalue weighted by atomic mass is 9.97. The number of nitrogens with one attached hydrogen (secondary N) is 1. The fraction of sp³-hybridized carbons (Fsp3) is 1.00. The van der Waals surface area contributed by atoms with Gasteiger partial charge in [0.25, 0.3) is 0 Å². The minimum Gasteiger partial charge on any atom is -0.378 e. The Kier molecular flexibility index (Phi) is 4.83. The first kappa shape index (κ1) is 13.3. The molecule has 2 aliphatic heterocycles. The molecule has 4 atom stereocenters. The fourth-order valence-corrected chi connectivity index (χ4v) is 3.18. The summed E-state index contributed by atoms with van der Waals surface area (Å²) in [6.07, 6.45) is 2.88. The maximum Gasteiger partial charge on any atom is 0.0561 e. The molecule has 0 saturated carbocycles.